The maximum Gasteiger partial charge on any atom is 0.303 e. The topological polar surface area (TPSA) is 85.0 Å². The fraction of sp³-hybridized carbons (Fsp3) is 0.467. The summed E-state index contributed by atoms with van der Waals surface area (Å²) in [6.07, 6.45) is 4.72. The van der Waals surface area contributed by atoms with Crippen molar-refractivity contribution in [2.45, 2.75) is 65.2 Å². The van der Waals surface area contributed by atoms with E-state index < -0.39 is 5.97 Å². The largest absolute Gasteiger partial charge is 0.495 e. The van der Waals surface area contributed by atoms with Crippen LogP contribution in [-0.2, 0) is 17.6 Å². The highest BCUT2D eigenvalue weighted by atomic mass is 16.5. The number of ether oxygens (including phenoxy) is 2. The molecule has 0 fully saturated rings. The van der Waals surface area contributed by atoms with Gasteiger partial charge in [-0.25, -0.2) is 4.98 Å². The highest BCUT2D eigenvalue weighted by molar-refractivity contribution is 5.69. The number of aliphatic carboxylic acids is 1. The van der Waals surface area contributed by atoms with Crippen molar-refractivity contribution in [3.05, 3.63) is 59.0 Å². The standard InChI is InChI=1S/C30H38N2O5/c1-5-14-32(15-6-2)27-18-23(9-12-28(27)35-4)30-31-26(20(3)37-30)13-16-36-24-10-11-25-21(17-24)7-8-22(25)19-29(33)34/h9-12,17-18,22H,5-8,13-16,19H2,1-4H3,(H,33,34)/t22-/m0/s1. The summed E-state index contributed by atoms with van der Waals surface area (Å²) in [5.41, 5.74) is 5.21. The molecular formula is C30H38N2O5. The van der Waals surface area contributed by atoms with Crippen molar-refractivity contribution in [3.63, 3.8) is 0 Å². The predicted octanol–water partition coefficient (Wildman–Crippen LogP) is 6.41. The van der Waals surface area contributed by atoms with Gasteiger partial charge in [-0.3, -0.25) is 4.79 Å². The number of rotatable bonds is 13. The highest BCUT2D eigenvalue weighted by Gasteiger charge is 2.25. The van der Waals surface area contributed by atoms with Crippen molar-refractivity contribution < 1.29 is 23.8 Å². The number of aromatic nitrogens is 1. The van der Waals surface area contributed by atoms with Crippen molar-refractivity contribution in [2.24, 2.45) is 0 Å². The number of fused-ring (bicyclic) bond motifs is 1. The summed E-state index contributed by atoms with van der Waals surface area (Å²) in [6, 6.07) is 12.1. The second kappa shape index (κ2) is 12.2. The van der Waals surface area contributed by atoms with Crippen LogP contribution in [0.1, 0.15) is 68.0 Å². The van der Waals surface area contributed by atoms with E-state index in [0.29, 0.717) is 18.9 Å². The monoisotopic (exact) mass is 506 g/mol. The van der Waals surface area contributed by atoms with Gasteiger partial charge in [0.25, 0.3) is 0 Å². The molecule has 1 aliphatic carbocycles. The molecular weight excluding hydrogens is 468 g/mol. The fourth-order valence-electron chi connectivity index (χ4n) is 5.21. The number of carbonyl (C=O) groups is 1. The lowest BCUT2D eigenvalue weighted by Crippen LogP contribution is -2.25. The predicted molar refractivity (Wildman–Crippen MR) is 145 cm³/mol. The normalized spacial score (nSPS) is 14.4. The van der Waals surface area contributed by atoms with Crippen molar-refractivity contribution in [1.82, 2.24) is 4.98 Å². The van der Waals surface area contributed by atoms with Crippen molar-refractivity contribution in [3.8, 4) is 23.0 Å². The van der Waals surface area contributed by atoms with Crippen LogP contribution >= 0.6 is 0 Å². The summed E-state index contributed by atoms with van der Waals surface area (Å²) < 4.78 is 17.7. The molecule has 0 amide bonds. The SMILES string of the molecule is CCCN(CCC)c1cc(-c2nc(CCOc3ccc4c(c3)CC[C@H]4CC(=O)O)c(C)o2)ccc1OC. The van der Waals surface area contributed by atoms with Crippen LogP contribution in [-0.4, -0.2) is 42.9 Å². The Labute approximate surface area is 219 Å². The number of carboxylic acid groups (broad SMARTS) is 1. The quantitative estimate of drug-likeness (QED) is 0.287. The summed E-state index contributed by atoms with van der Waals surface area (Å²) in [5, 5.41) is 9.13. The Bertz CT molecular complexity index is 1210. The van der Waals surface area contributed by atoms with Crippen LogP contribution in [0.5, 0.6) is 11.5 Å². The van der Waals surface area contributed by atoms with Gasteiger partial charge < -0.3 is 23.9 Å². The molecule has 4 rings (SSSR count). The van der Waals surface area contributed by atoms with Gasteiger partial charge in [-0.15, -0.1) is 0 Å². The minimum Gasteiger partial charge on any atom is -0.495 e. The number of aryl methyl sites for hydroxylation is 2. The number of hydrogen-bond donors (Lipinski definition) is 1. The van der Waals surface area contributed by atoms with E-state index in [9.17, 15) is 4.79 Å². The molecule has 0 saturated heterocycles. The Hall–Kier alpha value is -3.48. The third-order valence-corrected chi connectivity index (χ3v) is 6.99. The first-order chi connectivity index (χ1) is 17.9. The molecule has 7 heteroatoms. The smallest absolute Gasteiger partial charge is 0.303 e. The van der Waals surface area contributed by atoms with Gasteiger partial charge in [0.15, 0.2) is 0 Å². The Morgan fingerprint density at radius 1 is 1.16 bits per heavy atom. The maximum atomic E-state index is 11.1. The Balaban J connectivity index is 1.43. The summed E-state index contributed by atoms with van der Waals surface area (Å²) >= 11 is 0. The lowest BCUT2D eigenvalue weighted by molar-refractivity contribution is -0.137. The average molecular weight is 507 g/mol. The Kier molecular flexibility index (Phi) is 8.74. The van der Waals surface area contributed by atoms with Gasteiger partial charge in [0, 0.05) is 25.1 Å². The van der Waals surface area contributed by atoms with Gasteiger partial charge in [0.2, 0.25) is 5.89 Å². The highest BCUT2D eigenvalue weighted by Crippen LogP contribution is 2.37. The van der Waals surface area contributed by atoms with E-state index in [4.69, 9.17) is 24.0 Å². The first-order valence-corrected chi connectivity index (χ1v) is 13.3. The molecule has 1 atom stereocenters. The lowest BCUT2D eigenvalue weighted by Gasteiger charge is -2.26. The first kappa shape index (κ1) is 26.6. The van der Waals surface area contributed by atoms with E-state index in [1.54, 1.807) is 7.11 Å². The van der Waals surface area contributed by atoms with E-state index in [0.717, 1.165) is 78.5 Å². The van der Waals surface area contributed by atoms with E-state index in [1.807, 2.05) is 31.2 Å². The summed E-state index contributed by atoms with van der Waals surface area (Å²) in [6.45, 7) is 8.72. The third-order valence-electron chi connectivity index (χ3n) is 6.99. The molecule has 198 valence electrons. The van der Waals surface area contributed by atoms with Crippen LogP contribution in [0.15, 0.2) is 40.8 Å². The van der Waals surface area contributed by atoms with Crippen molar-refractivity contribution >= 4 is 11.7 Å². The molecule has 7 nitrogen and oxygen atoms in total. The van der Waals surface area contributed by atoms with Gasteiger partial charge in [0.05, 0.1) is 31.5 Å². The number of anilines is 1. The first-order valence-electron chi connectivity index (χ1n) is 13.3. The molecule has 1 N–H and O–H groups in total. The number of carboxylic acids is 1. The second-order valence-corrected chi connectivity index (χ2v) is 9.69. The van der Waals surface area contributed by atoms with Crippen LogP contribution in [0.3, 0.4) is 0 Å². The van der Waals surface area contributed by atoms with Crippen molar-refractivity contribution in [1.29, 1.82) is 0 Å². The van der Waals surface area contributed by atoms with Crippen LogP contribution in [0.2, 0.25) is 0 Å². The van der Waals surface area contributed by atoms with Gasteiger partial charge in [-0.2, -0.15) is 0 Å². The molecule has 1 aromatic heterocycles. The Morgan fingerprint density at radius 2 is 1.95 bits per heavy atom. The van der Waals surface area contributed by atoms with Gasteiger partial charge in [0.1, 0.15) is 17.3 Å². The minimum atomic E-state index is -0.745. The molecule has 37 heavy (non-hydrogen) atoms. The minimum absolute atomic E-state index is 0.104. The molecule has 0 radical (unpaired) electrons. The second-order valence-electron chi connectivity index (χ2n) is 9.69. The summed E-state index contributed by atoms with van der Waals surface area (Å²) in [5.74, 6) is 2.42. The van der Waals surface area contributed by atoms with Gasteiger partial charge >= 0.3 is 5.97 Å². The molecule has 3 aromatic rings. The fourth-order valence-corrected chi connectivity index (χ4v) is 5.21. The number of hydrogen-bond acceptors (Lipinski definition) is 6. The molecule has 2 aromatic carbocycles. The molecule has 0 bridgehead atoms. The zero-order valence-corrected chi connectivity index (χ0v) is 22.4. The van der Waals surface area contributed by atoms with Crippen LogP contribution in [0, 0.1) is 6.92 Å². The summed E-state index contributed by atoms with van der Waals surface area (Å²) in [7, 11) is 1.71. The number of oxazole rings is 1. The van der Waals surface area contributed by atoms with Crippen molar-refractivity contribution in [2.75, 3.05) is 31.7 Å². The average Bonchev–Trinajstić information content (AvgIpc) is 3.46. The lowest BCUT2D eigenvalue weighted by atomic mass is 9.98. The van der Waals surface area contributed by atoms with Crippen LogP contribution in [0.4, 0.5) is 5.69 Å². The third kappa shape index (κ3) is 6.27. The molecule has 1 aliphatic rings. The Morgan fingerprint density at radius 3 is 2.65 bits per heavy atom. The van der Waals surface area contributed by atoms with E-state index in [2.05, 4.69) is 30.9 Å². The van der Waals surface area contributed by atoms with Crippen LogP contribution < -0.4 is 14.4 Å². The van der Waals surface area contributed by atoms with Gasteiger partial charge in [-0.1, -0.05) is 19.9 Å². The van der Waals surface area contributed by atoms with E-state index in [1.165, 1.54) is 5.56 Å². The van der Waals surface area contributed by atoms with E-state index >= 15 is 0 Å². The molecule has 0 aliphatic heterocycles. The molecule has 0 unspecified atom stereocenters. The maximum absolute atomic E-state index is 11.1. The molecule has 0 spiro atoms. The van der Waals surface area contributed by atoms with Crippen LogP contribution in [0.25, 0.3) is 11.5 Å². The number of benzene rings is 2. The zero-order valence-electron chi connectivity index (χ0n) is 22.4. The molecule has 0 saturated carbocycles. The number of nitrogens with zero attached hydrogens (tertiary/aromatic N) is 2. The summed E-state index contributed by atoms with van der Waals surface area (Å²) in [4.78, 5) is 18.3. The molecule has 1 heterocycles. The zero-order chi connectivity index (χ0) is 26.4. The number of methoxy groups -OCH3 is 1. The van der Waals surface area contributed by atoms with Gasteiger partial charge in [-0.05, 0) is 80.0 Å². The van der Waals surface area contributed by atoms with E-state index in [-0.39, 0.29) is 12.3 Å².